The molecule has 1 fully saturated rings. The molecule has 110 valence electrons. The quantitative estimate of drug-likeness (QED) is 0.858. The Labute approximate surface area is 129 Å². The molecule has 1 atom stereocenters. The monoisotopic (exact) mass is 339 g/mol. The maximum absolute atomic E-state index is 12.2. The molecular weight excluding hydrogens is 318 g/mol. The minimum atomic E-state index is 0.0455. The molecule has 1 aromatic carbocycles. The van der Waals surface area contributed by atoms with Crippen molar-refractivity contribution >= 4 is 21.8 Å². The Kier molecular flexibility index (Phi) is 5.18. The van der Waals surface area contributed by atoms with E-state index in [1.807, 2.05) is 31.3 Å². The fourth-order valence-corrected chi connectivity index (χ4v) is 2.77. The first-order valence-corrected chi connectivity index (χ1v) is 7.73. The largest absolute Gasteiger partial charge is 0.340 e. The molecule has 0 radical (unpaired) electrons. The first-order chi connectivity index (χ1) is 9.50. The van der Waals surface area contributed by atoms with Crippen LogP contribution < -0.4 is 10.6 Å². The van der Waals surface area contributed by atoms with Gasteiger partial charge in [-0.25, -0.2) is 0 Å². The van der Waals surface area contributed by atoms with Gasteiger partial charge in [-0.05, 0) is 31.5 Å². The molecule has 0 saturated carbocycles. The third kappa shape index (κ3) is 4.04. The highest BCUT2D eigenvalue weighted by molar-refractivity contribution is 9.10. The van der Waals surface area contributed by atoms with Gasteiger partial charge in [-0.15, -0.1) is 0 Å². The van der Waals surface area contributed by atoms with E-state index in [1.54, 1.807) is 4.90 Å². The molecule has 0 aliphatic carbocycles. The van der Waals surface area contributed by atoms with Gasteiger partial charge in [0.15, 0.2) is 0 Å². The fourth-order valence-electron chi connectivity index (χ4n) is 2.36. The molecule has 2 N–H and O–H groups in total. The highest BCUT2D eigenvalue weighted by atomic mass is 79.9. The lowest BCUT2D eigenvalue weighted by Crippen LogP contribution is -2.48. The van der Waals surface area contributed by atoms with Crippen molar-refractivity contribution in [3.05, 3.63) is 34.3 Å². The van der Waals surface area contributed by atoms with Crippen molar-refractivity contribution < 1.29 is 4.79 Å². The van der Waals surface area contributed by atoms with Crippen molar-refractivity contribution in [2.24, 2.45) is 0 Å². The Morgan fingerprint density at radius 3 is 2.90 bits per heavy atom. The van der Waals surface area contributed by atoms with Crippen molar-refractivity contribution in [2.45, 2.75) is 25.4 Å². The number of benzene rings is 1. The Balaban J connectivity index is 1.84. The molecular formula is C15H22BrN3O. The van der Waals surface area contributed by atoms with Crippen LogP contribution in [0.15, 0.2) is 28.7 Å². The minimum Gasteiger partial charge on any atom is -0.340 e. The number of halogens is 1. The van der Waals surface area contributed by atoms with E-state index in [0.717, 1.165) is 29.5 Å². The van der Waals surface area contributed by atoms with E-state index in [2.05, 4.69) is 33.5 Å². The molecule has 1 heterocycles. The van der Waals surface area contributed by atoms with Crippen LogP contribution in [-0.4, -0.2) is 43.0 Å². The second-order valence-electron chi connectivity index (χ2n) is 5.68. The lowest BCUT2D eigenvalue weighted by Gasteiger charge is -2.26. The second kappa shape index (κ2) is 6.70. The van der Waals surface area contributed by atoms with Gasteiger partial charge < -0.3 is 15.5 Å². The molecule has 1 aliphatic heterocycles. The van der Waals surface area contributed by atoms with Crippen LogP contribution in [0.25, 0.3) is 0 Å². The smallest absolute Gasteiger partial charge is 0.236 e. The molecule has 1 unspecified atom stereocenters. The summed E-state index contributed by atoms with van der Waals surface area (Å²) in [6.07, 6.45) is 1.06. The van der Waals surface area contributed by atoms with Crippen LogP contribution in [0.2, 0.25) is 0 Å². The molecule has 1 aromatic rings. The van der Waals surface area contributed by atoms with Crippen LogP contribution in [0.3, 0.4) is 0 Å². The van der Waals surface area contributed by atoms with Crippen LogP contribution in [0.4, 0.5) is 0 Å². The predicted molar refractivity (Wildman–Crippen MR) is 84.5 cm³/mol. The molecule has 5 heteroatoms. The second-order valence-corrected chi connectivity index (χ2v) is 6.54. The normalized spacial score (nSPS) is 21.9. The number of nitrogens with zero attached hydrogens (tertiary/aromatic N) is 1. The van der Waals surface area contributed by atoms with Crippen molar-refractivity contribution in [3.63, 3.8) is 0 Å². The summed E-state index contributed by atoms with van der Waals surface area (Å²) in [5, 5.41) is 6.69. The van der Waals surface area contributed by atoms with Crippen LogP contribution >= 0.6 is 15.9 Å². The maximum atomic E-state index is 12.2. The highest BCUT2D eigenvalue weighted by Crippen LogP contribution is 2.17. The average Bonchev–Trinajstić information content (AvgIpc) is 2.86. The number of amides is 1. The van der Waals surface area contributed by atoms with E-state index in [-0.39, 0.29) is 11.4 Å². The summed E-state index contributed by atoms with van der Waals surface area (Å²) >= 11 is 3.51. The van der Waals surface area contributed by atoms with E-state index in [9.17, 15) is 4.79 Å². The van der Waals surface area contributed by atoms with Crippen molar-refractivity contribution in [3.8, 4) is 0 Å². The van der Waals surface area contributed by atoms with Crippen LogP contribution in [0.1, 0.15) is 18.9 Å². The van der Waals surface area contributed by atoms with Gasteiger partial charge in [-0.1, -0.05) is 34.1 Å². The number of carbonyl (C=O) groups is 1. The third-order valence-corrected chi connectivity index (χ3v) is 4.60. The molecule has 0 bridgehead atoms. The predicted octanol–water partition coefficient (Wildman–Crippen LogP) is 1.75. The van der Waals surface area contributed by atoms with Gasteiger partial charge in [-0.2, -0.15) is 0 Å². The average molecular weight is 340 g/mol. The number of rotatable bonds is 5. The van der Waals surface area contributed by atoms with Crippen molar-refractivity contribution in [2.75, 3.05) is 26.7 Å². The van der Waals surface area contributed by atoms with E-state index in [0.29, 0.717) is 13.1 Å². The summed E-state index contributed by atoms with van der Waals surface area (Å²) in [4.78, 5) is 13.9. The SMILES string of the molecule is CN(Cc1ccccc1Br)C(=O)CNC1(C)CCNC1. The first kappa shape index (κ1) is 15.5. The van der Waals surface area contributed by atoms with Crippen LogP contribution in [0.5, 0.6) is 0 Å². The van der Waals surface area contributed by atoms with E-state index in [4.69, 9.17) is 0 Å². The topological polar surface area (TPSA) is 44.4 Å². The van der Waals surface area contributed by atoms with Gasteiger partial charge in [-0.3, -0.25) is 4.79 Å². The Hall–Kier alpha value is -0.910. The van der Waals surface area contributed by atoms with E-state index in [1.165, 1.54) is 0 Å². The molecule has 1 saturated heterocycles. The summed E-state index contributed by atoms with van der Waals surface area (Å²) in [6.45, 7) is 5.11. The molecule has 0 aromatic heterocycles. The van der Waals surface area contributed by atoms with Gasteiger partial charge in [0.25, 0.3) is 0 Å². The van der Waals surface area contributed by atoms with Gasteiger partial charge in [0.2, 0.25) is 5.91 Å². The zero-order valence-corrected chi connectivity index (χ0v) is 13.7. The summed E-state index contributed by atoms with van der Waals surface area (Å²) < 4.78 is 1.04. The molecule has 2 rings (SSSR count). The molecule has 4 nitrogen and oxygen atoms in total. The zero-order chi connectivity index (χ0) is 14.6. The maximum Gasteiger partial charge on any atom is 0.236 e. The summed E-state index contributed by atoms with van der Waals surface area (Å²) in [6, 6.07) is 7.99. The van der Waals surface area contributed by atoms with E-state index >= 15 is 0 Å². The number of hydrogen-bond donors (Lipinski definition) is 2. The molecule has 1 amide bonds. The summed E-state index contributed by atoms with van der Waals surface area (Å²) in [5.41, 5.74) is 1.17. The number of likely N-dealkylation sites (N-methyl/N-ethyl adjacent to an activating group) is 1. The summed E-state index contributed by atoms with van der Waals surface area (Å²) in [5.74, 6) is 0.119. The molecule has 1 aliphatic rings. The number of hydrogen-bond acceptors (Lipinski definition) is 3. The Bertz CT molecular complexity index is 472. The van der Waals surface area contributed by atoms with Gasteiger partial charge in [0.05, 0.1) is 6.54 Å². The first-order valence-electron chi connectivity index (χ1n) is 6.93. The lowest BCUT2D eigenvalue weighted by atomic mass is 10.0. The number of nitrogens with one attached hydrogen (secondary N) is 2. The van der Waals surface area contributed by atoms with Crippen molar-refractivity contribution in [1.82, 2.24) is 15.5 Å². The summed E-state index contributed by atoms with van der Waals surface area (Å²) in [7, 11) is 1.85. The lowest BCUT2D eigenvalue weighted by molar-refractivity contribution is -0.129. The molecule has 20 heavy (non-hydrogen) atoms. The number of carbonyl (C=O) groups excluding carboxylic acids is 1. The van der Waals surface area contributed by atoms with Crippen LogP contribution in [0, 0.1) is 0 Å². The van der Waals surface area contributed by atoms with Gasteiger partial charge >= 0.3 is 0 Å². The Morgan fingerprint density at radius 1 is 1.50 bits per heavy atom. The van der Waals surface area contributed by atoms with Gasteiger partial charge in [0.1, 0.15) is 0 Å². The highest BCUT2D eigenvalue weighted by Gasteiger charge is 2.28. The fraction of sp³-hybridized carbons (Fsp3) is 0.533. The van der Waals surface area contributed by atoms with Gasteiger partial charge in [0, 0.05) is 30.1 Å². The standard InChI is InChI=1S/C15H22BrN3O/c1-15(7-8-17-11-15)18-9-14(20)19(2)10-12-5-3-4-6-13(12)16/h3-6,17-18H,7-11H2,1-2H3. The molecule has 0 spiro atoms. The van der Waals surface area contributed by atoms with Crippen LogP contribution in [-0.2, 0) is 11.3 Å². The van der Waals surface area contributed by atoms with E-state index < -0.39 is 0 Å². The minimum absolute atomic E-state index is 0.0455. The zero-order valence-electron chi connectivity index (χ0n) is 12.1. The van der Waals surface area contributed by atoms with Crippen molar-refractivity contribution in [1.29, 1.82) is 0 Å². The third-order valence-electron chi connectivity index (χ3n) is 3.83. The Morgan fingerprint density at radius 2 is 2.25 bits per heavy atom.